The first-order valence-electron chi connectivity index (χ1n) is 5.52. The van der Waals surface area contributed by atoms with Crippen LogP contribution in [-0.4, -0.2) is 10.8 Å². The molecule has 0 bridgehead atoms. The lowest BCUT2D eigenvalue weighted by Gasteiger charge is -2.06. The van der Waals surface area contributed by atoms with Crippen LogP contribution in [0.1, 0.15) is 21.7 Å². The monoisotopic (exact) mass is 276 g/mol. The van der Waals surface area contributed by atoms with Crippen molar-refractivity contribution in [1.82, 2.24) is 0 Å². The Bertz CT molecular complexity index is 518. The number of hydrogen-bond donors (Lipinski definition) is 0. The van der Waals surface area contributed by atoms with Crippen LogP contribution in [0.4, 0.5) is 0 Å². The van der Waals surface area contributed by atoms with Crippen LogP contribution in [0, 0.1) is 0 Å². The lowest BCUT2D eigenvalue weighted by Crippen LogP contribution is -2.08. The van der Waals surface area contributed by atoms with Crippen LogP contribution in [0.5, 0.6) is 0 Å². The maximum atomic E-state index is 11.8. The summed E-state index contributed by atoms with van der Waals surface area (Å²) in [5.41, 5.74) is 1.04. The molecule has 2 aromatic rings. The second-order valence-electron chi connectivity index (χ2n) is 3.72. The van der Waals surface area contributed by atoms with E-state index in [0.717, 1.165) is 10.4 Å². The van der Waals surface area contributed by atoms with E-state index in [2.05, 4.69) is 0 Å². The van der Waals surface area contributed by atoms with Crippen LogP contribution in [0.3, 0.4) is 0 Å². The highest BCUT2D eigenvalue weighted by Crippen LogP contribution is 2.12. The number of thiocarbonyl (C=S) groups is 1. The standard InChI is InChI=1S/C14H12O2S2/c15-12(13-7-4-8-18-13)9-14(17)16-10-11-5-2-1-3-6-11/h1-8H,9-10H2. The van der Waals surface area contributed by atoms with Gasteiger partial charge in [0.05, 0.1) is 11.3 Å². The first-order valence-corrected chi connectivity index (χ1v) is 6.81. The number of carbonyl (C=O) groups is 1. The molecule has 0 saturated carbocycles. The number of rotatable bonds is 5. The number of ether oxygens (including phenoxy) is 1. The first kappa shape index (κ1) is 12.9. The van der Waals surface area contributed by atoms with Gasteiger partial charge in [-0.15, -0.1) is 11.3 Å². The summed E-state index contributed by atoms with van der Waals surface area (Å²) < 4.78 is 5.41. The molecule has 0 aliphatic rings. The zero-order chi connectivity index (χ0) is 12.8. The molecule has 0 saturated heterocycles. The van der Waals surface area contributed by atoms with Gasteiger partial charge in [0.1, 0.15) is 6.61 Å². The van der Waals surface area contributed by atoms with Gasteiger partial charge in [0, 0.05) is 0 Å². The van der Waals surface area contributed by atoms with E-state index in [4.69, 9.17) is 17.0 Å². The van der Waals surface area contributed by atoms with E-state index in [-0.39, 0.29) is 12.2 Å². The predicted octanol–water partition coefficient (Wildman–Crippen LogP) is 3.87. The molecule has 2 rings (SSSR count). The van der Waals surface area contributed by atoms with Crippen molar-refractivity contribution in [2.24, 2.45) is 0 Å². The molecule has 18 heavy (non-hydrogen) atoms. The average Bonchev–Trinajstić information content (AvgIpc) is 2.91. The van der Waals surface area contributed by atoms with Crippen molar-refractivity contribution in [1.29, 1.82) is 0 Å². The lowest BCUT2D eigenvalue weighted by atomic mass is 10.2. The molecule has 1 aromatic carbocycles. The molecule has 0 atom stereocenters. The molecule has 0 unspecified atom stereocenters. The van der Waals surface area contributed by atoms with Gasteiger partial charge in [-0.3, -0.25) is 4.79 Å². The Morgan fingerprint density at radius 2 is 1.94 bits per heavy atom. The number of ketones is 1. The molecule has 92 valence electrons. The quantitative estimate of drug-likeness (QED) is 0.612. The summed E-state index contributed by atoms with van der Waals surface area (Å²) in [7, 11) is 0. The van der Waals surface area contributed by atoms with E-state index in [0.29, 0.717) is 11.7 Å². The highest BCUT2D eigenvalue weighted by atomic mass is 32.1. The zero-order valence-corrected chi connectivity index (χ0v) is 11.3. The second-order valence-corrected chi connectivity index (χ2v) is 5.13. The highest BCUT2D eigenvalue weighted by Gasteiger charge is 2.10. The minimum absolute atomic E-state index is 0.0167. The molecule has 2 nitrogen and oxygen atoms in total. The smallest absolute Gasteiger partial charge is 0.181 e. The van der Waals surface area contributed by atoms with Gasteiger partial charge < -0.3 is 4.74 Å². The molecule has 0 aliphatic carbocycles. The van der Waals surface area contributed by atoms with Crippen molar-refractivity contribution in [3.63, 3.8) is 0 Å². The Morgan fingerprint density at radius 1 is 1.17 bits per heavy atom. The van der Waals surface area contributed by atoms with Crippen molar-refractivity contribution >= 4 is 34.4 Å². The third-order valence-corrected chi connectivity index (χ3v) is 3.52. The topological polar surface area (TPSA) is 26.3 Å². The normalized spacial score (nSPS) is 10.0. The fourth-order valence-corrected chi connectivity index (χ4v) is 2.30. The molecule has 0 radical (unpaired) electrons. The number of carbonyl (C=O) groups excluding carboxylic acids is 1. The SMILES string of the molecule is O=C(CC(=S)OCc1ccccc1)c1cccs1. The Kier molecular flexibility index (Phi) is 4.61. The van der Waals surface area contributed by atoms with Crippen LogP contribution < -0.4 is 0 Å². The van der Waals surface area contributed by atoms with E-state index in [1.165, 1.54) is 11.3 Å². The van der Waals surface area contributed by atoms with Crippen LogP contribution in [0.25, 0.3) is 0 Å². The molecule has 0 spiro atoms. The Labute approximate surface area is 115 Å². The van der Waals surface area contributed by atoms with Crippen molar-refractivity contribution in [2.75, 3.05) is 0 Å². The molecule has 0 amide bonds. The highest BCUT2D eigenvalue weighted by molar-refractivity contribution is 7.80. The van der Waals surface area contributed by atoms with E-state index >= 15 is 0 Å². The van der Waals surface area contributed by atoms with Crippen molar-refractivity contribution in [2.45, 2.75) is 13.0 Å². The Morgan fingerprint density at radius 3 is 2.61 bits per heavy atom. The third kappa shape index (κ3) is 3.75. The second kappa shape index (κ2) is 6.42. The number of thiophene rings is 1. The molecule has 0 aliphatic heterocycles. The van der Waals surface area contributed by atoms with Crippen molar-refractivity contribution < 1.29 is 9.53 Å². The fraction of sp³-hybridized carbons (Fsp3) is 0.143. The largest absolute Gasteiger partial charge is 0.482 e. The maximum absolute atomic E-state index is 11.8. The zero-order valence-electron chi connectivity index (χ0n) is 9.67. The molecular weight excluding hydrogens is 264 g/mol. The van der Waals surface area contributed by atoms with E-state index in [1.807, 2.05) is 41.8 Å². The first-order chi connectivity index (χ1) is 8.75. The summed E-state index contributed by atoms with van der Waals surface area (Å²) in [5, 5.41) is 2.22. The van der Waals surface area contributed by atoms with Gasteiger partial charge in [0.25, 0.3) is 0 Å². The van der Waals surface area contributed by atoms with E-state index in [9.17, 15) is 4.79 Å². The summed E-state index contributed by atoms with van der Waals surface area (Å²) in [5.74, 6) is 0.0167. The van der Waals surface area contributed by atoms with Gasteiger partial charge in [-0.2, -0.15) is 0 Å². The van der Waals surface area contributed by atoms with Gasteiger partial charge in [-0.1, -0.05) is 36.4 Å². The maximum Gasteiger partial charge on any atom is 0.181 e. The number of benzene rings is 1. The number of hydrogen-bond acceptors (Lipinski definition) is 4. The summed E-state index contributed by atoms with van der Waals surface area (Å²) in [6.07, 6.45) is 0.169. The molecule has 0 fully saturated rings. The molecule has 1 heterocycles. The molecule has 4 heteroatoms. The van der Waals surface area contributed by atoms with Crippen molar-refractivity contribution in [3.05, 3.63) is 58.3 Å². The minimum Gasteiger partial charge on any atom is -0.482 e. The van der Waals surface area contributed by atoms with Crippen molar-refractivity contribution in [3.8, 4) is 0 Å². The summed E-state index contributed by atoms with van der Waals surface area (Å²) >= 11 is 6.49. The van der Waals surface area contributed by atoms with E-state index in [1.54, 1.807) is 6.07 Å². The summed E-state index contributed by atoms with van der Waals surface area (Å²) in [4.78, 5) is 12.5. The van der Waals surface area contributed by atoms with Gasteiger partial charge in [-0.05, 0) is 29.2 Å². The molecule has 1 aromatic heterocycles. The van der Waals surface area contributed by atoms with Crippen LogP contribution >= 0.6 is 23.6 Å². The Hall–Kier alpha value is -1.52. The van der Waals surface area contributed by atoms with E-state index < -0.39 is 0 Å². The van der Waals surface area contributed by atoms with Crippen LogP contribution in [0.15, 0.2) is 47.8 Å². The lowest BCUT2D eigenvalue weighted by molar-refractivity contribution is 0.0997. The van der Waals surface area contributed by atoms with Gasteiger partial charge >= 0.3 is 0 Å². The van der Waals surface area contributed by atoms with Crippen LogP contribution in [-0.2, 0) is 11.3 Å². The molecule has 0 N–H and O–H groups in total. The summed E-state index contributed by atoms with van der Waals surface area (Å²) in [6, 6.07) is 13.4. The number of Topliss-reactive ketones (excluding diaryl/α,β-unsaturated/α-hetero) is 1. The predicted molar refractivity (Wildman–Crippen MR) is 77.1 cm³/mol. The van der Waals surface area contributed by atoms with Gasteiger partial charge in [0.2, 0.25) is 0 Å². The van der Waals surface area contributed by atoms with Crippen LogP contribution in [0.2, 0.25) is 0 Å². The summed E-state index contributed by atoms with van der Waals surface area (Å²) in [6.45, 7) is 0.414. The Balaban J connectivity index is 1.81. The third-order valence-electron chi connectivity index (χ3n) is 2.34. The molecular formula is C14H12O2S2. The van der Waals surface area contributed by atoms with Gasteiger partial charge in [0.15, 0.2) is 10.8 Å². The fourth-order valence-electron chi connectivity index (χ4n) is 1.44. The average molecular weight is 276 g/mol. The minimum atomic E-state index is 0.0167. The van der Waals surface area contributed by atoms with Gasteiger partial charge in [-0.25, -0.2) is 0 Å².